The van der Waals surface area contributed by atoms with Gasteiger partial charge in [0, 0.05) is 7.11 Å². The number of rotatable bonds is 5. The second-order valence-electron chi connectivity index (χ2n) is 4.32. The van der Waals surface area contributed by atoms with E-state index in [0.717, 1.165) is 17.5 Å². The summed E-state index contributed by atoms with van der Waals surface area (Å²) in [5.41, 5.74) is 2.09. The highest BCUT2D eigenvalue weighted by Gasteiger charge is 2.09. The lowest BCUT2D eigenvalue weighted by Gasteiger charge is -2.14. The number of hydrogen-bond acceptors (Lipinski definition) is 2. The quantitative estimate of drug-likeness (QED) is 0.806. The number of methoxy groups -OCH3 is 1. The predicted octanol–water partition coefficient (Wildman–Crippen LogP) is 2.91. The minimum Gasteiger partial charge on any atom is -0.388 e. The largest absolute Gasteiger partial charge is 0.388 e. The lowest BCUT2D eigenvalue weighted by Crippen LogP contribution is -2.02. The average Bonchev–Trinajstić information content (AvgIpc) is 2.17. The van der Waals surface area contributed by atoms with Gasteiger partial charge in [0.2, 0.25) is 0 Å². The van der Waals surface area contributed by atoms with E-state index in [9.17, 15) is 5.11 Å². The van der Waals surface area contributed by atoms with E-state index in [1.54, 1.807) is 7.11 Å². The van der Waals surface area contributed by atoms with Gasteiger partial charge in [-0.2, -0.15) is 0 Å². The first-order chi connectivity index (χ1) is 7.13. The van der Waals surface area contributed by atoms with Crippen LogP contribution in [0.5, 0.6) is 0 Å². The van der Waals surface area contributed by atoms with Crippen LogP contribution in [0.2, 0.25) is 0 Å². The molecular formula is C13H20O2. The molecule has 0 saturated carbocycles. The normalized spacial score (nSPS) is 13.1. The molecule has 15 heavy (non-hydrogen) atoms. The second-order valence-corrected chi connectivity index (χ2v) is 4.32. The zero-order valence-electron chi connectivity index (χ0n) is 9.73. The van der Waals surface area contributed by atoms with E-state index in [2.05, 4.69) is 13.8 Å². The lowest BCUT2D eigenvalue weighted by atomic mass is 9.98. The van der Waals surface area contributed by atoms with Gasteiger partial charge in [0.1, 0.15) is 0 Å². The molecule has 1 aromatic rings. The zero-order valence-corrected chi connectivity index (χ0v) is 9.73. The fraction of sp³-hybridized carbons (Fsp3) is 0.538. The van der Waals surface area contributed by atoms with Crippen molar-refractivity contribution in [3.05, 3.63) is 35.4 Å². The van der Waals surface area contributed by atoms with Crippen molar-refractivity contribution in [2.45, 2.75) is 33.0 Å². The molecule has 0 aromatic heterocycles. The maximum atomic E-state index is 9.94. The summed E-state index contributed by atoms with van der Waals surface area (Å²) in [5.74, 6) is 0.506. The molecule has 0 radical (unpaired) electrons. The minimum atomic E-state index is -0.359. The van der Waals surface area contributed by atoms with E-state index in [0.29, 0.717) is 12.5 Å². The maximum absolute atomic E-state index is 9.94. The number of benzene rings is 1. The Morgan fingerprint density at radius 1 is 1.33 bits per heavy atom. The molecule has 2 heteroatoms. The Bertz CT molecular complexity index is 294. The third kappa shape index (κ3) is 4.02. The molecule has 0 aliphatic rings. The molecule has 0 bridgehead atoms. The minimum absolute atomic E-state index is 0.359. The number of hydrogen-bond donors (Lipinski definition) is 1. The number of aliphatic hydroxyl groups is 1. The van der Waals surface area contributed by atoms with Crippen LogP contribution in [0, 0.1) is 5.92 Å². The summed E-state index contributed by atoms with van der Waals surface area (Å²) in [4.78, 5) is 0. The highest BCUT2D eigenvalue weighted by Crippen LogP contribution is 2.21. The van der Waals surface area contributed by atoms with Gasteiger partial charge >= 0.3 is 0 Å². The summed E-state index contributed by atoms with van der Waals surface area (Å²) in [5, 5.41) is 9.94. The van der Waals surface area contributed by atoms with Crippen molar-refractivity contribution in [2.75, 3.05) is 7.11 Å². The van der Waals surface area contributed by atoms with Crippen molar-refractivity contribution in [3.8, 4) is 0 Å². The standard InChI is InChI=1S/C13H20O2/c1-10(2)7-13(14)12-6-4-5-11(8-12)9-15-3/h4-6,8,10,13-14H,7,9H2,1-3H3. The van der Waals surface area contributed by atoms with Gasteiger partial charge in [-0.1, -0.05) is 38.1 Å². The molecule has 0 aliphatic carbocycles. The van der Waals surface area contributed by atoms with Crippen molar-refractivity contribution in [1.82, 2.24) is 0 Å². The molecule has 1 atom stereocenters. The zero-order chi connectivity index (χ0) is 11.3. The molecule has 0 fully saturated rings. The Hall–Kier alpha value is -0.860. The van der Waals surface area contributed by atoms with Crippen molar-refractivity contribution in [3.63, 3.8) is 0 Å². The summed E-state index contributed by atoms with van der Waals surface area (Å²) < 4.78 is 5.06. The van der Waals surface area contributed by atoms with E-state index >= 15 is 0 Å². The number of aliphatic hydroxyl groups excluding tert-OH is 1. The Morgan fingerprint density at radius 2 is 2.07 bits per heavy atom. The highest BCUT2D eigenvalue weighted by atomic mass is 16.5. The van der Waals surface area contributed by atoms with Crippen LogP contribution in [0.1, 0.15) is 37.5 Å². The summed E-state index contributed by atoms with van der Waals surface area (Å²) >= 11 is 0. The molecule has 1 aromatic carbocycles. The molecule has 2 nitrogen and oxygen atoms in total. The van der Waals surface area contributed by atoms with E-state index in [1.807, 2.05) is 24.3 Å². The SMILES string of the molecule is COCc1cccc(C(O)CC(C)C)c1. The van der Waals surface area contributed by atoms with E-state index < -0.39 is 0 Å². The lowest BCUT2D eigenvalue weighted by molar-refractivity contribution is 0.150. The molecule has 1 N–H and O–H groups in total. The van der Waals surface area contributed by atoms with Crippen LogP contribution in [-0.4, -0.2) is 12.2 Å². The van der Waals surface area contributed by atoms with Crippen LogP contribution in [0.15, 0.2) is 24.3 Å². The summed E-state index contributed by atoms with van der Waals surface area (Å²) in [6.45, 7) is 4.83. The summed E-state index contributed by atoms with van der Waals surface area (Å²) in [7, 11) is 1.68. The van der Waals surface area contributed by atoms with E-state index in [4.69, 9.17) is 4.74 Å². The van der Waals surface area contributed by atoms with Crippen molar-refractivity contribution in [2.24, 2.45) is 5.92 Å². The topological polar surface area (TPSA) is 29.5 Å². The molecule has 84 valence electrons. The second kappa shape index (κ2) is 5.89. The third-order valence-corrected chi connectivity index (χ3v) is 2.34. The first-order valence-corrected chi connectivity index (χ1v) is 5.39. The Balaban J connectivity index is 2.71. The van der Waals surface area contributed by atoms with Gasteiger partial charge in [0.05, 0.1) is 12.7 Å². The van der Waals surface area contributed by atoms with Gasteiger partial charge in [-0.15, -0.1) is 0 Å². The first kappa shape index (κ1) is 12.2. The van der Waals surface area contributed by atoms with Crippen LogP contribution < -0.4 is 0 Å². The molecule has 1 rings (SSSR count). The Morgan fingerprint density at radius 3 is 2.67 bits per heavy atom. The van der Waals surface area contributed by atoms with Crippen molar-refractivity contribution in [1.29, 1.82) is 0 Å². The van der Waals surface area contributed by atoms with Gasteiger partial charge in [0.25, 0.3) is 0 Å². The highest BCUT2D eigenvalue weighted by molar-refractivity contribution is 5.24. The third-order valence-electron chi connectivity index (χ3n) is 2.34. The molecule has 0 aliphatic heterocycles. The smallest absolute Gasteiger partial charge is 0.0792 e. The monoisotopic (exact) mass is 208 g/mol. The molecule has 0 spiro atoms. The fourth-order valence-electron chi connectivity index (χ4n) is 1.64. The van der Waals surface area contributed by atoms with Gasteiger partial charge in [0.15, 0.2) is 0 Å². The molecular weight excluding hydrogens is 188 g/mol. The van der Waals surface area contributed by atoms with Gasteiger partial charge < -0.3 is 9.84 Å². The Labute approximate surface area is 91.9 Å². The molecule has 0 saturated heterocycles. The average molecular weight is 208 g/mol. The van der Waals surface area contributed by atoms with Crippen LogP contribution in [0.4, 0.5) is 0 Å². The van der Waals surface area contributed by atoms with Gasteiger partial charge in [-0.05, 0) is 23.5 Å². The van der Waals surface area contributed by atoms with E-state index in [-0.39, 0.29) is 6.10 Å². The predicted molar refractivity (Wildman–Crippen MR) is 61.6 cm³/mol. The fourth-order valence-corrected chi connectivity index (χ4v) is 1.64. The summed E-state index contributed by atoms with van der Waals surface area (Å²) in [6.07, 6.45) is 0.443. The van der Waals surface area contributed by atoms with Gasteiger partial charge in [-0.25, -0.2) is 0 Å². The summed E-state index contributed by atoms with van der Waals surface area (Å²) in [6, 6.07) is 7.95. The van der Waals surface area contributed by atoms with Gasteiger partial charge in [-0.3, -0.25) is 0 Å². The Kier molecular flexibility index (Phi) is 4.79. The van der Waals surface area contributed by atoms with Crippen LogP contribution in [0.3, 0.4) is 0 Å². The van der Waals surface area contributed by atoms with Crippen molar-refractivity contribution < 1.29 is 9.84 Å². The molecule has 0 amide bonds. The van der Waals surface area contributed by atoms with Crippen LogP contribution in [-0.2, 0) is 11.3 Å². The van der Waals surface area contributed by atoms with Crippen LogP contribution in [0.25, 0.3) is 0 Å². The maximum Gasteiger partial charge on any atom is 0.0792 e. The van der Waals surface area contributed by atoms with Crippen LogP contribution >= 0.6 is 0 Å². The first-order valence-electron chi connectivity index (χ1n) is 5.39. The molecule has 0 heterocycles. The van der Waals surface area contributed by atoms with Crippen molar-refractivity contribution >= 4 is 0 Å². The number of ether oxygens (including phenoxy) is 1. The van der Waals surface area contributed by atoms with E-state index in [1.165, 1.54) is 0 Å². The molecule has 1 unspecified atom stereocenters.